The molecule has 52 valence electrons. The highest BCUT2D eigenvalue weighted by Gasteiger charge is 2.05. The Bertz CT molecular complexity index is 84.9. The van der Waals surface area contributed by atoms with Gasteiger partial charge >= 0.3 is 0 Å². The summed E-state index contributed by atoms with van der Waals surface area (Å²) in [6, 6.07) is 0.368. The minimum atomic E-state index is 0.368. The van der Waals surface area contributed by atoms with E-state index >= 15 is 0 Å². The van der Waals surface area contributed by atoms with Crippen molar-refractivity contribution in [3.8, 4) is 0 Å². The summed E-state index contributed by atoms with van der Waals surface area (Å²) < 4.78 is 5.26. The lowest BCUT2D eigenvalue weighted by molar-refractivity contribution is 0.140. The molecular formula is C7H13NO. The van der Waals surface area contributed by atoms with E-state index in [0.29, 0.717) is 6.04 Å². The van der Waals surface area contributed by atoms with E-state index in [9.17, 15) is 0 Å². The van der Waals surface area contributed by atoms with E-state index in [-0.39, 0.29) is 0 Å². The quantitative estimate of drug-likeness (QED) is 0.519. The van der Waals surface area contributed by atoms with Crippen molar-refractivity contribution >= 4 is 0 Å². The highest BCUT2D eigenvalue weighted by atomic mass is 16.5. The summed E-state index contributed by atoms with van der Waals surface area (Å²) in [7, 11) is 0. The van der Waals surface area contributed by atoms with E-state index in [2.05, 4.69) is 11.9 Å². The lowest BCUT2D eigenvalue weighted by atomic mass is 10.3. The standard InChI is InChI=1S/C7H13NO/c1-2-7-6-9-5-3-4-8-7/h2,7-8H,1,3-6H2/t7-/m0/s1. The zero-order valence-electron chi connectivity index (χ0n) is 5.60. The van der Waals surface area contributed by atoms with Gasteiger partial charge in [-0.1, -0.05) is 6.08 Å². The summed E-state index contributed by atoms with van der Waals surface area (Å²) in [6.07, 6.45) is 3.01. The molecule has 9 heavy (non-hydrogen) atoms. The maximum absolute atomic E-state index is 5.26. The van der Waals surface area contributed by atoms with Crippen molar-refractivity contribution in [2.75, 3.05) is 19.8 Å². The predicted molar refractivity (Wildman–Crippen MR) is 37.4 cm³/mol. The molecule has 0 spiro atoms. The van der Waals surface area contributed by atoms with Gasteiger partial charge in [0.1, 0.15) is 0 Å². The summed E-state index contributed by atoms with van der Waals surface area (Å²) in [6.45, 7) is 6.40. The smallest absolute Gasteiger partial charge is 0.0655 e. The van der Waals surface area contributed by atoms with Crippen molar-refractivity contribution in [3.05, 3.63) is 12.7 Å². The van der Waals surface area contributed by atoms with Gasteiger partial charge in [0, 0.05) is 12.6 Å². The van der Waals surface area contributed by atoms with Gasteiger partial charge in [-0.25, -0.2) is 0 Å². The van der Waals surface area contributed by atoms with Crippen LogP contribution in [0.2, 0.25) is 0 Å². The number of hydrogen-bond donors (Lipinski definition) is 1. The molecule has 2 heteroatoms. The third kappa shape index (κ3) is 2.16. The number of rotatable bonds is 1. The Balaban J connectivity index is 2.26. The highest BCUT2D eigenvalue weighted by molar-refractivity contribution is 4.86. The molecule has 0 unspecified atom stereocenters. The maximum Gasteiger partial charge on any atom is 0.0655 e. The summed E-state index contributed by atoms with van der Waals surface area (Å²) in [5.74, 6) is 0. The van der Waals surface area contributed by atoms with Gasteiger partial charge in [-0.15, -0.1) is 6.58 Å². The lowest BCUT2D eigenvalue weighted by Gasteiger charge is -2.07. The van der Waals surface area contributed by atoms with Gasteiger partial charge in [0.25, 0.3) is 0 Å². The largest absolute Gasteiger partial charge is 0.379 e. The molecule has 0 aliphatic carbocycles. The van der Waals surface area contributed by atoms with Gasteiger partial charge in [-0.2, -0.15) is 0 Å². The molecule has 0 aromatic rings. The van der Waals surface area contributed by atoms with Gasteiger partial charge in [0.2, 0.25) is 0 Å². The zero-order chi connectivity index (χ0) is 6.53. The Morgan fingerprint density at radius 2 is 2.56 bits per heavy atom. The number of nitrogens with one attached hydrogen (secondary N) is 1. The number of hydrogen-bond acceptors (Lipinski definition) is 2. The normalized spacial score (nSPS) is 29.1. The van der Waals surface area contributed by atoms with Crippen LogP contribution in [-0.2, 0) is 4.74 Å². The number of ether oxygens (including phenoxy) is 1. The molecule has 0 bridgehead atoms. The SMILES string of the molecule is C=C[C@H]1COCCCN1. The fraction of sp³-hybridized carbons (Fsp3) is 0.714. The van der Waals surface area contributed by atoms with E-state index in [4.69, 9.17) is 4.74 Å². The van der Waals surface area contributed by atoms with Crippen LogP contribution in [0.25, 0.3) is 0 Å². The molecule has 1 saturated heterocycles. The van der Waals surface area contributed by atoms with Crippen molar-refractivity contribution in [1.82, 2.24) is 5.32 Å². The van der Waals surface area contributed by atoms with Crippen LogP contribution in [0, 0.1) is 0 Å². The minimum Gasteiger partial charge on any atom is -0.379 e. The van der Waals surface area contributed by atoms with Gasteiger partial charge in [0.05, 0.1) is 6.61 Å². The first-order chi connectivity index (χ1) is 4.43. The minimum absolute atomic E-state index is 0.368. The second-order valence-electron chi connectivity index (χ2n) is 2.22. The first-order valence-corrected chi connectivity index (χ1v) is 3.37. The Labute approximate surface area is 55.9 Å². The van der Waals surface area contributed by atoms with Crippen LogP contribution < -0.4 is 5.32 Å². The first kappa shape index (κ1) is 6.78. The molecule has 1 aliphatic heterocycles. The van der Waals surface area contributed by atoms with Crippen LogP contribution in [0.1, 0.15) is 6.42 Å². The second kappa shape index (κ2) is 3.64. The van der Waals surface area contributed by atoms with E-state index in [0.717, 1.165) is 26.2 Å². The fourth-order valence-corrected chi connectivity index (χ4v) is 0.882. The molecular weight excluding hydrogens is 114 g/mol. The van der Waals surface area contributed by atoms with Crippen LogP contribution in [0.15, 0.2) is 12.7 Å². The van der Waals surface area contributed by atoms with Crippen LogP contribution in [-0.4, -0.2) is 25.8 Å². The molecule has 1 fully saturated rings. The van der Waals surface area contributed by atoms with Crippen molar-refractivity contribution in [2.24, 2.45) is 0 Å². The molecule has 0 aromatic heterocycles. The van der Waals surface area contributed by atoms with Crippen LogP contribution in [0.5, 0.6) is 0 Å². The van der Waals surface area contributed by atoms with E-state index in [1.807, 2.05) is 6.08 Å². The Hall–Kier alpha value is -0.340. The maximum atomic E-state index is 5.26. The van der Waals surface area contributed by atoms with Crippen molar-refractivity contribution in [3.63, 3.8) is 0 Å². The van der Waals surface area contributed by atoms with Crippen LogP contribution in [0.4, 0.5) is 0 Å². The Morgan fingerprint density at radius 3 is 3.33 bits per heavy atom. The molecule has 0 aromatic carbocycles. The second-order valence-corrected chi connectivity index (χ2v) is 2.22. The fourth-order valence-electron chi connectivity index (χ4n) is 0.882. The molecule has 0 saturated carbocycles. The van der Waals surface area contributed by atoms with E-state index < -0.39 is 0 Å². The molecule has 2 nitrogen and oxygen atoms in total. The summed E-state index contributed by atoms with van der Waals surface area (Å²) in [5, 5.41) is 3.29. The van der Waals surface area contributed by atoms with Gasteiger partial charge in [-0.05, 0) is 13.0 Å². The molecule has 1 rings (SSSR count). The topological polar surface area (TPSA) is 21.3 Å². The average Bonchev–Trinajstić information content (AvgIpc) is 2.13. The summed E-state index contributed by atoms with van der Waals surface area (Å²) in [4.78, 5) is 0. The molecule has 1 heterocycles. The molecule has 1 atom stereocenters. The van der Waals surface area contributed by atoms with Crippen LogP contribution in [0.3, 0.4) is 0 Å². The predicted octanol–water partition coefficient (Wildman–Crippen LogP) is 0.551. The summed E-state index contributed by atoms with van der Waals surface area (Å²) >= 11 is 0. The average molecular weight is 127 g/mol. The molecule has 0 radical (unpaired) electrons. The monoisotopic (exact) mass is 127 g/mol. The Morgan fingerprint density at radius 1 is 1.67 bits per heavy atom. The van der Waals surface area contributed by atoms with Gasteiger partial charge < -0.3 is 10.1 Å². The van der Waals surface area contributed by atoms with Gasteiger partial charge in [0.15, 0.2) is 0 Å². The lowest BCUT2D eigenvalue weighted by Crippen LogP contribution is -2.29. The van der Waals surface area contributed by atoms with Crippen molar-refractivity contribution in [1.29, 1.82) is 0 Å². The zero-order valence-corrected chi connectivity index (χ0v) is 5.60. The van der Waals surface area contributed by atoms with Crippen molar-refractivity contribution in [2.45, 2.75) is 12.5 Å². The van der Waals surface area contributed by atoms with Gasteiger partial charge in [-0.3, -0.25) is 0 Å². The highest BCUT2D eigenvalue weighted by Crippen LogP contribution is 1.94. The third-order valence-electron chi connectivity index (χ3n) is 1.45. The summed E-state index contributed by atoms with van der Waals surface area (Å²) in [5.41, 5.74) is 0. The van der Waals surface area contributed by atoms with Crippen LogP contribution >= 0.6 is 0 Å². The van der Waals surface area contributed by atoms with E-state index in [1.54, 1.807) is 0 Å². The molecule has 0 amide bonds. The third-order valence-corrected chi connectivity index (χ3v) is 1.45. The van der Waals surface area contributed by atoms with E-state index in [1.165, 1.54) is 0 Å². The van der Waals surface area contributed by atoms with Crippen molar-refractivity contribution < 1.29 is 4.74 Å². The first-order valence-electron chi connectivity index (χ1n) is 3.37. The molecule has 1 aliphatic rings. The Kier molecular flexibility index (Phi) is 2.74. The molecule has 1 N–H and O–H groups in total.